The minimum atomic E-state index is 0.0208. The highest BCUT2D eigenvalue weighted by Crippen LogP contribution is 2.36. The average Bonchev–Trinajstić information content (AvgIpc) is 2.89. The summed E-state index contributed by atoms with van der Waals surface area (Å²) >= 11 is 0. The van der Waals surface area contributed by atoms with Gasteiger partial charge in [0.2, 0.25) is 5.91 Å². The van der Waals surface area contributed by atoms with Crippen LogP contribution in [0.4, 0.5) is 0 Å². The van der Waals surface area contributed by atoms with Crippen LogP contribution in [0.3, 0.4) is 0 Å². The Morgan fingerprint density at radius 1 is 0.912 bits per heavy atom. The van der Waals surface area contributed by atoms with Crippen molar-refractivity contribution in [2.24, 2.45) is 0 Å². The van der Waals surface area contributed by atoms with Gasteiger partial charge in [0.05, 0.1) is 27.9 Å². The van der Waals surface area contributed by atoms with Gasteiger partial charge in [0.1, 0.15) is 5.75 Å². The lowest BCUT2D eigenvalue weighted by Gasteiger charge is -2.37. The van der Waals surface area contributed by atoms with Gasteiger partial charge in [-0.15, -0.1) is 0 Å². The monoisotopic (exact) mass is 460 g/mol. The molecule has 3 aromatic rings. The van der Waals surface area contributed by atoms with Crippen molar-refractivity contribution in [2.45, 2.75) is 25.4 Å². The van der Waals surface area contributed by atoms with Crippen LogP contribution < -0.4 is 19.5 Å². The largest absolute Gasteiger partial charge is 0.497 e. The third-order valence-corrected chi connectivity index (χ3v) is 6.38. The van der Waals surface area contributed by atoms with Crippen molar-refractivity contribution < 1.29 is 19.0 Å². The van der Waals surface area contributed by atoms with Gasteiger partial charge in [0.25, 0.3) is 0 Å². The number of rotatable bonds is 9. The number of carbonyl (C=O) groups is 1. The second kappa shape index (κ2) is 11.1. The van der Waals surface area contributed by atoms with E-state index in [4.69, 9.17) is 14.2 Å². The molecule has 34 heavy (non-hydrogen) atoms. The van der Waals surface area contributed by atoms with E-state index in [1.807, 2.05) is 48.5 Å². The molecule has 1 atom stereocenters. The highest BCUT2D eigenvalue weighted by Gasteiger charge is 2.29. The molecule has 3 aromatic carbocycles. The lowest BCUT2D eigenvalue weighted by Crippen LogP contribution is -2.43. The van der Waals surface area contributed by atoms with Crippen LogP contribution in [0.25, 0.3) is 0 Å². The minimum Gasteiger partial charge on any atom is -0.497 e. The van der Waals surface area contributed by atoms with E-state index in [-0.39, 0.29) is 11.9 Å². The Kier molecular flexibility index (Phi) is 7.70. The molecule has 0 saturated carbocycles. The van der Waals surface area contributed by atoms with Crippen LogP contribution in [-0.4, -0.2) is 45.2 Å². The maximum atomic E-state index is 12.9. The number of carbonyl (C=O) groups excluding carboxylic acids is 1. The van der Waals surface area contributed by atoms with Gasteiger partial charge in [-0.3, -0.25) is 9.69 Å². The highest BCUT2D eigenvalue weighted by atomic mass is 16.5. The first kappa shape index (κ1) is 23.6. The molecule has 1 heterocycles. The van der Waals surface area contributed by atoms with Gasteiger partial charge in [-0.2, -0.15) is 0 Å². The fourth-order valence-electron chi connectivity index (χ4n) is 4.55. The molecule has 1 aliphatic rings. The molecule has 6 nitrogen and oxygen atoms in total. The van der Waals surface area contributed by atoms with E-state index in [0.29, 0.717) is 24.6 Å². The summed E-state index contributed by atoms with van der Waals surface area (Å²) < 4.78 is 16.4. The van der Waals surface area contributed by atoms with E-state index in [1.54, 1.807) is 21.3 Å². The van der Waals surface area contributed by atoms with Crippen LogP contribution in [0.2, 0.25) is 0 Å². The Labute approximate surface area is 201 Å². The third-order valence-electron chi connectivity index (χ3n) is 6.38. The number of benzene rings is 3. The highest BCUT2D eigenvalue weighted by molar-refractivity contribution is 5.78. The molecule has 6 heteroatoms. The Morgan fingerprint density at radius 2 is 1.71 bits per heavy atom. The molecule has 178 valence electrons. The predicted molar refractivity (Wildman–Crippen MR) is 133 cm³/mol. The number of nitrogens with zero attached hydrogens (tertiary/aromatic N) is 1. The van der Waals surface area contributed by atoms with Crippen molar-refractivity contribution in [3.63, 3.8) is 0 Å². The molecular formula is C28H32N2O4. The van der Waals surface area contributed by atoms with Gasteiger partial charge in [-0.1, -0.05) is 42.5 Å². The van der Waals surface area contributed by atoms with Crippen molar-refractivity contribution in [3.8, 4) is 17.2 Å². The molecule has 0 saturated heterocycles. The number of fused-ring (bicyclic) bond motifs is 1. The zero-order chi connectivity index (χ0) is 23.9. The first-order valence-electron chi connectivity index (χ1n) is 11.5. The number of methoxy groups -OCH3 is 3. The van der Waals surface area contributed by atoms with Crippen molar-refractivity contribution >= 4 is 5.91 Å². The summed E-state index contributed by atoms with van der Waals surface area (Å²) in [5, 5.41) is 3.07. The SMILES string of the molecule is COc1ccc2c(c1)C(Cc1ccc(OC)c(OC)c1)N(CC(=O)NCc1ccccc1)CC2. The number of amides is 1. The first-order chi connectivity index (χ1) is 16.6. The van der Waals surface area contributed by atoms with E-state index < -0.39 is 0 Å². The maximum Gasteiger partial charge on any atom is 0.234 e. The van der Waals surface area contributed by atoms with E-state index in [2.05, 4.69) is 28.4 Å². The molecule has 0 radical (unpaired) electrons. The summed E-state index contributed by atoms with van der Waals surface area (Å²) in [5.74, 6) is 2.25. The standard InChI is InChI=1S/C28H32N2O4/c1-32-23-11-10-22-13-14-30(19-28(31)29-18-20-7-5-4-6-8-20)25(24(22)17-23)15-21-9-12-26(33-2)27(16-21)34-3/h4-12,16-17,25H,13-15,18-19H2,1-3H3,(H,29,31). The molecule has 0 aliphatic carbocycles. The normalized spacial score (nSPS) is 15.3. The van der Waals surface area contributed by atoms with E-state index >= 15 is 0 Å². The van der Waals surface area contributed by atoms with E-state index in [0.717, 1.165) is 36.3 Å². The first-order valence-corrected chi connectivity index (χ1v) is 11.5. The topological polar surface area (TPSA) is 60.0 Å². The maximum absolute atomic E-state index is 12.9. The van der Waals surface area contributed by atoms with Crippen molar-refractivity contribution in [1.29, 1.82) is 0 Å². The predicted octanol–water partition coefficient (Wildman–Crippen LogP) is 4.17. The third kappa shape index (κ3) is 5.51. The number of ether oxygens (including phenoxy) is 3. The summed E-state index contributed by atoms with van der Waals surface area (Å²) in [6, 6.07) is 22.3. The summed E-state index contributed by atoms with van der Waals surface area (Å²) in [6.45, 7) is 1.68. The fraction of sp³-hybridized carbons (Fsp3) is 0.321. The van der Waals surface area contributed by atoms with Crippen LogP contribution in [0, 0.1) is 0 Å². The van der Waals surface area contributed by atoms with Crippen LogP contribution in [0.5, 0.6) is 17.2 Å². The van der Waals surface area contributed by atoms with Gasteiger partial charge in [0, 0.05) is 19.1 Å². The smallest absolute Gasteiger partial charge is 0.234 e. The van der Waals surface area contributed by atoms with Crippen LogP contribution >= 0.6 is 0 Å². The molecular weight excluding hydrogens is 428 g/mol. The molecule has 0 bridgehead atoms. The number of hydrogen-bond donors (Lipinski definition) is 1. The molecule has 4 rings (SSSR count). The molecule has 1 amide bonds. The molecule has 0 spiro atoms. The Morgan fingerprint density at radius 3 is 2.44 bits per heavy atom. The minimum absolute atomic E-state index is 0.0208. The van der Waals surface area contributed by atoms with Crippen LogP contribution in [-0.2, 0) is 24.2 Å². The average molecular weight is 461 g/mol. The zero-order valence-electron chi connectivity index (χ0n) is 20.0. The molecule has 1 N–H and O–H groups in total. The Hall–Kier alpha value is -3.51. The number of hydrogen-bond acceptors (Lipinski definition) is 5. The summed E-state index contributed by atoms with van der Waals surface area (Å²) in [6.07, 6.45) is 1.64. The summed E-state index contributed by atoms with van der Waals surface area (Å²) in [4.78, 5) is 15.2. The summed E-state index contributed by atoms with van der Waals surface area (Å²) in [7, 11) is 4.96. The van der Waals surface area contributed by atoms with Crippen molar-refractivity contribution in [3.05, 3.63) is 89.0 Å². The number of nitrogens with one attached hydrogen (secondary N) is 1. The quantitative estimate of drug-likeness (QED) is 0.519. The second-order valence-corrected chi connectivity index (χ2v) is 8.46. The second-order valence-electron chi connectivity index (χ2n) is 8.46. The van der Waals surface area contributed by atoms with Crippen molar-refractivity contribution in [1.82, 2.24) is 10.2 Å². The van der Waals surface area contributed by atoms with Gasteiger partial charge >= 0.3 is 0 Å². The van der Waals surface area contributed by atoms with Gasteiger partial charge in [-0.05, 0) is 59.4 Å². The Bertz CT molecular complexity index is 1120. The lowest BCUT2D eigenvalue weighted by atomic mass is 9.88. The zero-order valence-corrected chi connectivity index (χ0v) is 20.0. The molecule has 0 fully saturated rings. The van der Waals surface area contributed by atoms with Gasteiger partial charge < -0.3 is 19.5 Å². The van der Waals surface area contributed by atoms with Crippen molar-refractivity contribution in [2.75, 3.05) is 34.4 Å². The fourth-order valence-corrected chi connectivity index (χ4v) is 4.55. The molecule has 0 aromatic heterocycles. The summed E-state index contributed by atoms with van der Waals surface area (Å²) in [5.41, 5.74) is 4.71. The van der Waals surface area contributed by atoms with E-state index in [9.17, 15) is 4.79 Å². The van der Waals surface area contributed by atoms with Gasteiger partial charge in [0.15, 0.2) is 11.5 Å². The van der Waals surface area contributed by atoms with Gasteiger partial charge in [-0.25, -0.2) is 0 Å². The molecule has 1 aliphatic heterocycles. The van der Waals surface area contributed by atoms with Crippen LogP contribution in [0.15, 0.2) is 66.7 Å². The van der Waals surface area contributed by atoms with E-state index in [1.165, 1.54) is 11.1 Å². The molecule has 1 unspecified atom stereocenters. The Balaban J connectivity index is 1.56. The van der Waals surface area contributed by atoms with Crippen LogP contribution in [0.1, 0.15) is 28.3 Å². The lowest BCUT2D eigenvalue weighted by molar-refractivity contribution is -0.123.